The van der Waals surface area contributed by atoms with Gasteiger partial charge in [0.2, 0.25) is 5.91 Å². The Bertz CT molecular complexity index is 454. The lowest BCUT2D eigenvalue weighted by molar-refractivity contribution is -0.129. The highest BCUT2D eigenvalue weighted by Crippen LogP contribution is 2.20. The fourth-order valence-electron chi connectivity index (χ4n) is 1.95. The number of carbonyl (C=O) groups is 2. The minimum Gasteiger partial charge on any atom is -0.478 e. The van der Waals surface area contributed by atoms with E-state index in [-0.39, 0.29) is 5.91 Å². The van der Waals surface area contributed by atoms with E-state index in [2.05, 4.69) is 0 Å². The Labute approximate surface area is 93.5 Å². The van der Waals surface area contributed by atoms with E-state index in [4.69, 9.17) is 5.11 Å². The number of hydrogen-bond donors (Lipinski definition) is 1. The van der Waals surface area contributed by atoms with Crippen LogP contribution in [-0.4, -0.2) is 28.4 Å². The molecule has 0 aromatic heterocycles. The Morgan fingerprint density at radius 2 is 2.06 bits per heavy atom. The summed E-state index contributed by atoms with van der Waals surface area (Å²) in [5, 5.41) is 8.86. The molecule has 1 aliphatic heterocycles. The first-order chi connectivity index (χ1) is 7.58. The zero-order valence-corrected chi connectivity index (χ0v) is 9.06. The van der Waals surface area contributed by atoms with Crippen LogP contribution in [0.1, 0.15) is 28.4 Å². The number of aromatic carboxylic acids is 1. The van der Waals surface area contributed by atoms with Crippen LogP contribution in [0.15, 0.2) is 18.2 Å². The van der Waals surface area contributed by atoms with Gasteiger partial charge in [0.25, 0.3) is 0 Å². The summed E-state index contributed by atoms with van der Waals surface area (Å²) in [6.07, 6.45) is 0.732. The van der Waals surface area contributed by atoms with Crippen molar-refractivity contribution in [1.29, 1.82) is 0 Å². The van der Waals surface area contributed by atoms with Gasteiger partial charge < -0.3 is 10.0 Å². The van der Waals surface area contributed by atoms with Gasteiger partial charge in [-0.2, -0.15) is 0 Å². The summed E-state index contributed by atoms with van der Waals surface area (Å²) < 4.78 is 0. The van der Waals surface area contributed by atoms with E-state index >= 15 is 0 Å². The molecule has 4 heteroatoms. The summed E-state index contributed by atoms with van der Waals surface area (Å²) in [6.45, 7) is 2.81. The molecule has 0 fully saturated rings. The van der Waals surface area contributed by atoms with Crippen LogP contribution in [0, 0.1) is 0 Å². The quantitative estimate of drug-likeness (QED) is 0.774. The molecule has 1 aliphatic rings. The van der Waals surface area contributed by atoms with Crippen molar-refractivity contribution in [2.24, 2.45) is 0 Å². The number of benzene rings is 1. The first kappa shape index (κ1) is 10.7. The topological polar surface area (TPSA) is 57.6 Å². The standard InChI is InChI=1S/C12H13NO3/c1-8(14)13-5-4-9-6-10(12(15)16)2-3-11(9)7-13/h2-3,6H,4-5,7H2,1H3,(H,15,16). The van der Waals surface area contributed by atoms with Gasteiger partial charge in [0.05, 0.1) is 5.56 Å². The fraction of sp³-hybridized carbons (Fsp3) is 0.333. The molecule has 0 bridgehead atoms. The van der Waals surface area contributed by atoms with E-state index in [0.29, 0.717) is 18.7 Å². The molecule has 0 unspecified atom stereocenters. The maximum atomic E-state index is 11.2. The first-order valence-electron chi connectivity index (χ1n) is 5.18. The van der Waals surface area contributed by atoms with Crippen LogP contribution in [0.3, 0.4) is 0 Å². The van der Waals surface area contributed by atoms with E-state index in [1.54, 1.807) is 30.0 Å². The maximum absolute atomic E-state index is 11.2. The zero-order chi connectivity index (χ0) is 11.7. The smallest absolute Gasteiger partial charge is 0.335 e. The summed E-state index contributed by atoms with van der Waals surface area (Å²) in [6, 6.07) is 5.09. The van der Waals surface area contributed by atoms with E-state index in [0.717, 1.165) is 17.5 Å². The number of carbonyl (C=O) groups excluding carboxylic acids is 1. The van der Waals surface area contributed by atoms with E-state index in [1.165, 1.54) is 0 Å². The number of rotatable bonds is 1. The Hall–Kier alpha value is -1.84. The number of amides is 1. The average Bonchev–Trinajstić information content (AvgIpc) is 2.27. The SMILES string of the molecule is CC(=O)N1CCc2cc(C(=O)O)ccc2C1. The Morgan fingerprint density at radius 1 is 1.31 bits per heavy atom. The maximum Gasteiger partial charge on any atom is 0.335 e. The number of fused-ring (bicyclic) bond motifs is 1. The average molecular weight is 219 g/mol. The molecule has 0 saturated carbocycles. The van der Waals surface area contributed by atoms with Crippen LogP contribution in [0.4, 0.5) is 0 Å². The van der Waals surface area contributed by atoms with Crippen LogP contribution in [-0.2, 0) is 17.8 Å². The lowest BCUT2D eigenvalue weighted by Gasteiger charge is -2.28. The molecule has 1 aromatic rings. The van der Waals surface area contributed by atoms with Crippen molar-refractivity contribution in [1.82, 2.24) is 4.90 Å². The van der Waals surface area contributed by atoms with Gasteiger partial charge in [-0.15, -0.1) is 0 Å². The Balaban J connectivity index is 2.29. The summed E-state index contributed by atoms with van der Waals surface area (Å²) in [4.78, 5) is 23.8. The van der Waals surface area contributed by atoms with Crippen molar-refractivity contribution in [3.05, 3.63) is 34.9 Å². The van der Waals surface area contributed by atoms with Crippen LogP contribution in [0.5, 0.6) is 0 Å². The second-order valence-corrected chi connectivity index (χ2v) is 3.98. The molecule has 1 N–H and O–H groups in total. The molecule has 0 radical (unpaired) electrons. The van der Waals surface area contributed by atoms with Crippen molar-refractivity contribution in [2.45, 2.75) is 19.9 Å². The van der Waals surface area contributed by atoms with Crippen LogP contribution < -0.4 is 0 Å². The molecule has 1 heterocycles. The van der Waals surface area contributed by atoms with Crippen molar-refractivity contribution >= 4 is 11.9 Å². The monoisotopic (exact) mass is 219 g/mol. The molecule has 1 amide bonds. The molecule has 4 nitrogen and oxygen atoms in total. The van der Waals surface area contributed by atoms with Gasteiger partial charge >= 0.3 is 5.97 Å². The third kappa shape index (κ3) is 1.91. The largest absolute Gasteiger partial charge is 0.478 e. The van der Waals surface area contributed by atoms with Crippen LogP contribution in [0.25, 0.3) is 0 Å². The number of nitrogens with zero attached hydrogens (tertiary/aromatic N) is 1. The van der Waals surface area contributed by atoms with Crippen molar-refractivity contribution < 1.29 is 14.7 Å². The second-order valence-electron chi connectivity index (χ2n) is 3.98. The first-order valence-corrected chi connectivity index (χ1v) is 5.18. The highest BCUT2D eigenvalue weighted by Gasteiger charge is 2.18. The van der Waals surface area contributed by atoms with Gasteiger partial charge in [-0.25, -0.2) is 4.79 Å². The van der Waals surface area contributed by atoms with Crippen molar-refractivity contribution in [3.63, 3.8) is 0 Å². The lowest BCUT2D eigenvalue weighted by Crippen LogP contribution is -2.34. The van der Waals surface area contributed by atoms with Gasteiger partial charge in [-0.05, 0) is 29.7 Å². The van der Waals surface area contributed by atoms with Gasteiger partial charge in [-0.1, -0.05) is 6.07 Å². The minimum absolute atomic E-state index is 0.0629. The minimum atomic E-state index is -0.906. The molecule has 0 aliphatic carbocycles. The Kier molecular flexibility index (Phi) is 2.64. The molecule has 2 rings (SSSR count). The van der Waals surface area contributed by atoms with Gasteiger partial charge in [0, 0.05) is 20.0 Å². The highest BCUT2D eigenvalue weighted by molar-refractivity contribution is 5.88. The number of hydrogen-bond acceptors (Lipinski definition) is 2. The second kappa shape index (κ2) is 3.96. The number of carboxylic acid groups (broad SMARTS) is 1. The third-order valence-electron chi connectivity index (χ3n) is 2.91. The predicted molar refractivity (Wildman–Crippen MR) is 58.2 cm³/mol. The van der Waals surface area contributed by atoms with E-state index in [1.807, 2.05) is 0 Å². The normalized spacial score (nSPS) is 14.4. The summed E-state index contributed by atoms with van der Waals surface area (Å²) in [5.41, 5.74) is 2.40. The summed E-state index contributed by atoms with van der Waals surface area (Å²) >= 11 is 0. The third-order valence-corrected chi connectivity index (χ3v) is 2.91. The molecule has 84 valence electrons. The summed E-state index contributed by atoms with van der Waals surface area (Å²) in [7, 11) is 0. The van der Waals surface area contributed by atoms with E-state index < -0.39 is 5.97 Å². The van der Waals surface area contributed by atoms with Crippen molar-refractivity contribution in [2.75, 3.05) is 6.54 Å². The van der Waals surface area contributed by atoms with Crippen LogP contribution >= 0.6 is 0 Å². The van der Waals surface area contributed by atoms with Gasteiger partial charge in [0.15, 0.2) is 0 Å². The van der Waals surface area contributed by atoms with Gasteiger partial charge in [0.1, 0.15) is 0 Å². The van der Waals surface area contributed by atoms with Gasteiger partial charge in [-0.3, -0.25) is 4.79 Å². The highest BCUT2D eigenvalue weighted by atomic mass is 16.4. The zero-order valence-electron chi connectivity index (χ0n) is 9.06. The van der Waals surface area contributed by atoms with E-state index in [9.17, 15) is 9.59 Å². The lowest BCUT2D eigenvalue weighted by atomic mass is 9.97. The molecule has 0 saturated heterocycles. The molecular weight excluding hydrogens is 206 g/mol. The van der Waals surface area contributed by atoms with Crippen molar-refractivity contribution in [3.8, 4) is 0 Å². The Morgan fingerprint density at radius 3 is 2.69 bits per heavy atom. The molecule has 16 heavy (non-hydrogen) atoms. The van der Waals surface area contributed by atoms with Crippen LogP contribution in [0.2, 0.25) is 0 Å². The molecule has 0 atom stereocenters. The number of carboxylic acids is 1. The molecule has 0 spiro atoms. The molecular formula is C12H13NO3. The summed E-state index contributed by atoms with van der Waals surface area (Å²) in [5.74, 6) is -0.843. The molecule has 1 aromatic carbocycles. The fourth-order valence-corrected chi connectivity index (χ4v) is 1.95. The predicted octanol–water partition coefficient (Wildman–Crippen LogP) is 1.29.